The third kappa shape index (κ3) is 3.89. The van der Waals surface area contributed by atoms with Gasteiger partial charge in [0.05, 0.1) is 23.1 Å². The Morgan fingerprint density at radius 1 is 0.963 bits per heavy atom. The largest absolute Gasteiger partial charge is 0.273 e. The summed E-state index contributed by atoms with van der Waals surface area (Å²) in [6, 6.07) is 15.1. The summed E-state index contributed by atoms with van der Waals surface area (Å²) in [6.07, 6.45) is 2.40. The highest BCUT2D eigenvalue weighted by molar-refractivity contribution is 5.99. The minimum Gasteiger partial charge on any atom is -0.267 e. The van der Waals surface area contributed by atoms with Crippen LogP contribution >= 0.6 is 0 Å². The van der Waals surface area contributed by atoms with Gasteiger partial charge in [0, 0.05) is 5.56 Å². The Kier molecular flexibility index (Phi) is 5.35. The summed E-state index contributed by atoms with van der Waals surface area (Å²) in [4.78, 5) is 24.6. The zero-order valence-electron chi connectivity index (χ0n) is 15.6. The molecule has 0 aliphatic rings. The van der Waals surface area contributed by atoms with Crippen LogP contribution < -0.4 is 10.9 Å². The van der Waals surface area contributed by atoms with Crippen LogP contribution in [0.2, 0.25) is 0 Å². The summed E-state index contributed by atoms with van der Waals surface area (Å²) in [7, 11) is 0. The molecule has 6 nitrogen and oxygen atoms in total. The van der Waals surface area contributed by atoms with Crippen molar-refractivity contribution >= 4 is 11.8 Å². The van der Waals surface area contributed by atoms with Crippen LogP contribution in [0.25, 0.3) is 5.69 Å². The Labute approximate surface area is 158 Å². The number of aryl methyl sites for hydroxylation is 2. The van der Waals surface area contributed by atoms with Gasteiger partial charge >= 0.3 is 0 Å². The van der Waals surface area contributed by atoms with Crippen molar-refractivity contribution in [2.75, 3.05) is 0 Å². The van der Waals surface area contributed by atoms with Crippen LogP contribution in [0.1, 0.15) is 44.5 Å². The van der Waals surface area contributed by atoms with E-state index < -0.39 is 5.91 Å². The highest BCUT2D eigenvalue weighted by Crippen LogP contribution is 2.17. The highest BCUT2D eigenvalue weighted by atomic mass is 16.2. The first-order chi connectivity index (χ1) is 13.0. The number of rotatable bonds is 4. The molecule has 0 spiro atoms. The van der Waals surface area contributed by atoms with Gasteiger partial charge in [-0.25, -0.2) is 4.68 Å². The molecular weight excluding hydrogens is 340 g/mol. The lowest BCUT2D eigenvalue weighted by Gasteiger charge is -2.09. The fraction of sp³-hybridized carbons (Fsp3) is 0.190. The van der Waals surface area contributed by atoms with Crippen molar-refractivity contribution in [3.05, 3.63) is 82.7 Å². The zero-order valence-corrected chi connectivity index (χ0v) is 15.6. The van der Waals surface area contributed by atoms with E-state index in [-0.39, 0.29) is 5.91 Å². The van der Waals surface area contributed by atoms with Crippen LogP contribution in [0.15, 0.2) is 54.7 Å². The SMILES string of the molecule is CCc1ccc(C(=O)NNC(=O)c2cnn(-c3ccccc3C)c2C)cc1. The summed E-state index contributed by atoms with van der Waals surface area (Å²) in [5, 5.41) is 4.32. The van der Waals surface area contributed by atoms with Crippen LogP contribution in [0.3, 0.4) is 0 Å². The van der Waals surface area contributed by atoms with Crippen molar-refractivity contribution in [2.45, 2.75) is 27.2 Å². The van der Waals surface area contributed by atoms with E-state index in [0.29, 0.717) is 16.8 Å². The van der Waals surface area contributed by atoms with Gasteiger partial charge in [-0.15, -0.1) is 0 Å². The van der Waals surface area contributed by atoms with E-state index in [4.69, 9.17) is 0 Å². The fourth-order valence-corrected chi connectivity index (χ4v) is 2.82. The molecule has 1 aromatic heterocycles. The van der Waals surface area contributed by atoms with Crippen molar-refractivity contribution in [3.8, 4) is 5.69 Å². The smallest absolute Gasteiger partial charge is 0.267 e. The van der Waals surface area contributed by atoms with Crippen molar-refractivity contribution < 1.29 is 9.59 Å². The Morgan fingerprint density at radius 2 is 1.63 bits per heavy atom. The third-order valence-corrected chi connectivity index (χ3v) is 4.51. The van der Waals surface area contributed by atoms with E-state index in [9.17, 15) is 9.59 Å². The van der Waals surface area contributed by atoms with Gasteiger partial charge in [-0.05, 0) is 49.6 Å². The number of amides is 2. The number of para-hydroxylation sites is 1. The second kappa shape index (κ2) is 7.86. The number of aromatic nitrogens is 2. The minimum atomic E-state index is -0.411. The van der Waals surface area contributed by atoms with Crippen molar-refractivity contribution in [1.29, 1.82) is 0 Å². The van der Waals surface area contributed by atoms with Gasteiger partial charge in [0.1, 0.15) is 0 Å². The Hall–Kier alpha value is -3.41. The molecule has 0 saturated carbocycles. The molecule has 3 aromatic rings. The second-order valence-electron chi connectivity index (χ2n) is 6.30. The number of nitrogens with zero attached hydrogens (tertiary/aromatic N) is 2. The molecule has 0 bridgehead atoms. The first-order valence-electron chi connectivity index (χ1n) is 8.81. The molecular formula is C21H22N4O2. The number of hydrazine groups is 1. The second-order valence-corrected chi connectivity index (χ2v) is 6.30. The van der Waals surface area contributed by atoms with E-state index in [1.165, 1.54) is 6.20 Å². The predicted octanol–water partition coefficient (Wildman–Crippen LogP) is 3.13. The maximum atomic E-state index is 12.5. The number of hydrogen-bond acceptors (Lipinski definition) is 3. The van der Waals surface area contributed by atoms with E-state index in [0.717, 1.165) is 23.2 Å². The van der Waals surface area contributed by atoms with Crippen molar-refractivity contribution in [3.63, 3.8) is 0 Å². The number of benzene rings is 2. The van der Waals surface area contributed by atoms with Gasteiger partial charge in [0.25, 0.3) is 11.8 Å². The average Bonchev–Trinajstić information content (AvgIpc) is 3.07. The van der Waals surface area contributed by atoms with Crippen molar-refractivity contribution in [2.24, 2.45) is 0 Å². The van der Waals surface area contributed by atoms with Gasteiger partial charge in [-0.1, -0.05) is 37.3 Å². The molecule has 6 heteroatoms. The van der Waals surface area contributed by atoms with Crippen LogP contribution in [0.4, 0.5) is 0 Å². The first kappa shape index (κ1) is 18.4. The molecule has 0 radical (unpaired) electrons. The molecule has 138 valence electrons. The lowest BCUT2D eigenvalue weighted by Crippen LogP contribution is -2.41. The Bertz CT molecular complexity index is 974. The molecule has 0 unspecified atom stereocenters. The average molecular weight is 362 g/mol. The van der Waals surface area contributed by atoms with Crippen LogP contribution in [0.5, 0.6) is 0 Å². The summed E-state index contributed by atoms with van der Waals surface area (Å²) in [6.45, 7) is 5.86. The Morgan fingerprint density at radius 3 is 2.30 bits per heavy atom. The molecule has 1 heterocycles. The third-order valence-electron chi connectivity index (χ3n) is 4.51. The summed E-state index contributed by atoms with van der Waals surface area (Å²) in [5.74, 6) is -0.777. The number of carbonyl (C=O) groups excluding carboxylic acids is 2. The van der Waals surface area contributed by atoms with E-state index in [1.54, 1.807) is 16.8 Å². The molecule has 2 N–H and O–H groups in total. The maximum absolute atomic E-state index is 12.5. The number of hydrogen-bond donors (Lipinski definition) is 2. The molecule has 0 saturated heterocycles. The lowest BCUT2D eigenvalue weighted by molar-refractivity contribution is 0.0846. The topological polar surface area (TPSA) is 76.0 Å². The number of nitrogens with one attached hydrogen (secondary N) is 2. The lowest BCUT2D eigenvalue weighted by atomic mass is 10.1. The number of carbonyl (C=O) groups is 2. The molecule has 3 rings (SSSR count). The summed E-state index contributed by atoms with van der Waals surface area (Å²) < 4.78 is 1.72. The molecule has 0 aliphatic carbocycles. The Balaban J connectivity index is 1.70. The van der Waals surface area contributed by atoms with Gasteiger partial charge in [0.15, 0.2) is 0 Å². The van der Waals surface area contributed by atoms with Crippen LogP contribution in [0, 0.1) is 13.8 Å². The minimum absolute atomic E-state index is 0.366. The molecule has 0 atom stereocenters. The molecule has 27 heavy (non-hydrogen) atoms. The quantitative estimate of drug-likeness (QED) is 0.700. The van der Waals surface area contributed by atoms with Crippen molar-refractivity contribution in [1.82, 2.24) is 20.6 Å². The van der Waals surface area contributed by atoms with Gasteiger partial charge in [0.2, 0.25) is 0 Å². The normalized spacial score (nSPS) is 10.5. The van der Waals surface area contributed by atoms with Gasteiger partial charge in [-0.2, -0.15) is 5.10 Å². The van der Waals surface area contributed by atoms with Crippen LogP contribution in [-0.2, 0) is 6.42 Å². The predicted molar refractivity (Wildman–Crippen MR) is 104 cm³/mol. The van der Waals surface area contributed by atoms with Gasteiger partial charge < -0.3 is 0 Å². The zero-order chi connectivity index (χ0) is 19.4. The monoisotopic (exact) mass is 362 g/mol. The van der Waals surface area contributed by atoms with E-state index in [1.807, 2.05) is 50.2 Å². The molecule has 0 fully saturated rings. The van der Waals surface area contributed by atoms with Crippen LogP contribution in [-0.4, -0.2) is 21.6 Å². The molecule has 2 amide bonds. The molecule has 0 aliphatic heterocycles. The maximum Gasteiger partial charge on any atom is 0.273 e. The van der Waals surface area contributed by atoms with Gasteiger partial charge in [-0.3, -0.25) is 20.4 Å². The van der Waals surface area contributed by atoms with E-state index in [2.05, 4.69) is 22.9 Å². The first-order valence-corrected chi connectivity index (χ1v) is 8.81. The summed E-state index contributed by atoms with van der Waals surface area (Å²) >= 11 is 0. The van der Waals surface area contributed by atoms with E-state index >= 15 is 0 Å². The standard InChI is InChI=1S/C21H22N4O2/c1-4-16-9-11-17(12-10-16)20(26)23-24-21(27)18-13-22-25(15(18)3)19-8-6-5-7-14(19)2/h5-13H,4H2,1-3H3,(H,23,26)(H,24,27). The highest BCUT2D eigenvalue weighted by Gasteiger charge is 2.16. The molecule has 2 aromatic carbocycles. The fourth-order valence-electron chi connectivity index (χ4n) is 2.82. The summed E-state index contributed by atoms with van der Waals surface area (Å²) in [5.41, 5.74) is 9.60.